The minimum atomic E-state index is -0.406. The summed E-state index contributed by atoms with van der Waals surface area (Å²) in [5.41, 5.74) is 1.70. The van der Waals surface area contributed by atoms with Crippen LogP contribution in [0.25, 0.3) is 11.3 Å². The Labute approximate surface area is 156 Å². The van der Waals surface area contributed by atoms with Crippen molar-refractivity contribution in [2.45, 2.75) is 6.92 Å². The Kier molecular flexibility index (Phi) is 5.39. The summed E-state index contributed by atoms with van der Waals surface area (Å²) < 4.78 is 5.63. The molecule has 0 saturated carbocycles. The van der Waals surface area contributed by atoms with Gasteiger partial charge in [0.1, 0.15) is 5.76 Å². The van der Waals surface area contributed by atoms with Crippen molar-refractivity contribution in [2.24, 2.45) is 0 Å². The van der Waals surface area contributed by atoms with Gasteiger partial charge in [-0.1, -0.05) is 29.8 Å². The molecule has 0 atom stereocenters. The zero-order valence-corrected chi connectivity index (χ0v) is 14.8. The van der Waals surface area contributed by atoms with Gasteiger partial charge in [0.25, 0.3) is 11.8 Å². The number of hydrogen-bond donors (Lipinski definition) is 2. The molecule has 5 nitrogen and oxygen atoms in total. The van der Waals surface area contributed by atoms with Gasteiger partial charge in [-0.15, -0.1) is 0 Å². The molecule has 0 radical (unpaired) electrons. The lowest BCUT2D eigenvalue weighted by molar-refractivity contribution is 0.0953. The zero-order chi connectivity index (χ0) is 18.5. The number of benzene rings is 2. The van der Waals surface area contributed by atoms with Crippen LogP contribution in [0.1, 0.15) is 27.8 Å². The van der Waals surface area contributed by atoms with Gasteiger partial charge in [0.05, 0.1) is 5.02 Å². The van der Waals surface area contributed by atoms with Gasteiger partial charge >= 0.3 is 0 Å². The molecule has 1 heterocycles. The van der Waals surface area contributed by atoms with Crippen LogP contribution in [0.2, 0.25) is 5.02 Å². The number of anilines is 1. The van der Waals surface area contributed by atoms with Crippen LogP contribution in [0.3, 0.4) is 0 Å². The number of carbonyl (C=O) groups is 2. The Morgan fingerprint density at radius 1 is 1.00 bits per heavy atom. The quantitative estimate of drug-likeness (QED) is 0.691. The lowest BCUT2D eigenvalue weighted by Gasteiger charge is -2.06. The van der Waals surface area contributed by atoms with Crippen molar-refractivity contribution < 1.29 is 14.0 Å². The van der Waals surface area contributed by atoms with Crippen LogP contribution in [0.5, 0.6) is 0 Å². The minimum absolute atomic E-state index is 0.156. The maximum Gasteiger partial charge on any atom is 0.291 e. The van der Waals surface area contributed by atoms with Gasteiger partial charge < -0.3 is 15.1 Å². The third-order valence-electron chi connectivity index (χ3n) is 3.69. The van der Waals surface area contributed by atoms with Gasteiger partial charge in [-0.2, -0.15) is 0 Å². The van der Waals surface area contributed by atoms with E-state index in [-0.39, 0.29) is 11.7 Å². The van der Waals surface area contributed by atoms with Crippen molar-refractivity contribution in [1.82, 2.24) is 5.32 Å². The highest BCUT2D eigenvalue weighted by atomic mass is 35.5. The van der Waals surface area contributed by atoms with Gasteiger partial charge in [0.15, 0.2) is 5.76 Å². The second-order valence-corrected chi connectivity index (χ2v) is 5.95. The molecule has 2 aromatic carbocycles. The van der Waals surface area contributed by atoms with Crippen molar-refractivity contribution in [3.05, 3.63) is 77.0 Å². The molecule has 6 heteroatoms. The summed E-state index contributed by atoms with van der Waals surface area (Å²) >= 11 is 6.15. The summed E-state index contributed by atoms with van der Waals surface area (Å²) in [5, 5.41) is 5.99. The van der Waals surface area contributed by atoms with Crippen molar-refractivity contribution in [2.75, 3.05) is 11.9 Å². The molecular formula is C20H17ClN2O3. The molecule has 3 rings (SSSR count). The Morgan fingerprint density at radius 3 is 2.58 bits per heavy atom. The molecule has 1 aromatic heterocycles. The normalized spacial score (nSPS) is 10.4. The lowest BCUT2D eigenvalue weighted by Crippen LogP contribution is -2.22. The Morgan fingerprint density at radius 2 is 1.81 bits per heavy atom. The summed E-state index contributed by atoms with van der Waals surface area (Å²) in [6, 6.07) is 17.2. The van der Waals surface area contributed by atoms with Crippen molar-refractivity contribution in [3.63, 3.8) is 0 Å². The van der Waals surface area contributed by atoms with Gasteiger partial charge in [-0.05, 0) is 49.4 Å². The number of hydrogen-bond acceptors (Lipinski definition) is 3. The summed E-state index contributed by atoms with van der Waals surface area (Å²) in [4.78, 5) is 24.3. The standard InChI is InChI=1S/C20H17ClN2O3/c1-2-22-19(24)13-6-5-7-14(12-13)23-20(25)18-11-10-17(26-18)15-8-3-4-9-16(15)21/h3-12H,2H2,1H3,(H,22,24)(H,23,25). The molecule has 3 aromatic rings. The summed E-state index contributed by atoms with van der Waals surface area (Å²) in [5.74, 6) is 0.0686. The molecule has 0 aliphatic heterocycles. The van der Waals surface area contributed by atoms with Gasteiger partial charge in [0.2, 0.25) is 0 Å². The molecule has 0 bridgehead atoms. The maximum absolute atomic E-state index is 12.4. The molecule has 2 N–H and O–H groups in total. The topological polar surface area (TPSA) is 71.3 Å². The van der Waals surface area contributed by atoms with E-state index in [1.54, 1.807) is 42.5 Å². The third-order valence-corrected chi connectivity index (χ3v) is 4.02. The second-order valence-electron chi connectivity index (χ2n) is 5.54. The molecule has 132 valence electrons. The fraction of sp³-hybridized carbons (Fsp3) is 0.100. The molecule has 0 saturated heterocycles. The monoisotopic (exact) mass is 368 g/mol. The molecule has 2 amide bonds. The molecular weight excluding hydrogens is 352 g/mol. The number of carbonyl (C=O) groups excluding carboxylic acids is 2. The van der Waals surface area contributed by atoms with Crippen LogP contribution >= 0.6 is 11.6 Å². The van der Waals surface area contributed by atoms with E-state index in [2.05, 4.69) is 10.6 Å². The highest BCUT2D eigenvalue weighted by molar-refractivity contribution is 6.33. The third kappa shape index (κ3) is 3.95. The first-order valence-corrected chi connectivity index (χ1v) is 8.50. The van der Waals surface area contributed by atoms with Crippen molar-refractivity contribution >= 4 is 29.1 Å². The Balaban J connectivity index is 1.76. The van der Waals surface area contributed by atoms with Crippen LogP contribution in [-0.4, -0.2) is 18.4 Å². The van der Waals surface area contributed by atoms with E-state index in [0.717, 1.165) is 0 Å². The molecule has 0 unspecified atom stereocenters. The van der Waals surface area contributed by atoms with Gasteiger partial charge in [0, 0.05) is 23.4 Å². The number of halogens is 1. The first-order valence-electron chi connectivity index (χ1n) is 8.13. The minimum Gasteiger partial charge on any atom is -0.451 e. The number of nitrogens with one attached hydrogen (secondary N) is 2. The molecule has 0 fully saturated rings. The molecule has 0 aliphatic rings. The van der Waals surface area contributed by atoms with Crippen LogP contribution < -0.4 is 10.6 Å². The van der Waals surface area contributed by atoms with E-state index in [1.165, 1.54) is 0 Å². The van der Waals surface area contributed by atoms with Crippen LogP contribution in [-0.2, 0) is 0 Å². The van der Waals surface area contributed by atoms with E-state index in [1.807, 2.05) is 25.1 Å². The van der Waals surface area contributed by atoms with Crippen LogP contribution in [0.15, 0.2) is 65.1 Å². The second kappa shape index (κ2) is 7.89. The van der Waals surface area contributed by atoms with E-state index in [4.69, 9.17) is 16.0 Å². The number of rotatable bonds is 5. The molecule has 0 aliphatic carbocycles. The highest BCUT2D eigenvalue weighted by Crippen LogP contribution is 2.29. The fourth-order valence-electron chi connectivity index (χ4n) is 2.46. The summed E-state index contributed by atoms with van der Waals surface area (Å²) in [6.45, 7) is 2.38. The van der Waals surface area contributed by atoms with Crippen LogP contribution in [0, 0.1) is 0 Å². The fourth-order valence-corrected chi connectivity index (χ4v) is 2.69. The summed E-state index contributed by atoms with van der Waals surface area (Å²) in [7, 11) is 0. The summed E-state index contributed by atoms with van der Waals surface area (Å²) in [6.07, 6.45) is 0. The largest absolute Gasteiger partial charge is 0.451 e. The smallest absolute Gasteiger partial charge is 0.291 e. The average Bonchev–Trinajstić information content (AvgIpc) is 3.12. The zero-order valence-electron chi connectivity index (χ0n) is 14.1. The van der Waals surface area contributed by atoms with Gasteiger partial charge in [-0.25, -0.2) is 0 Å². The SMILES string of the molecule is CCNC(=O)c1cccc(NC(=O)c2ccc(-c3ccccc3Cl)o2)c1. The van der Waals surface area contributed by atoms with Crippen molar-refractivity contribution in [1.29, 1.82) is 0 Å². The molecule has 26 heavy (non-hydrogen) atoms. The Bertz CT molecular complexity index is 949. The Hall–Kier alpha value is -3.05. The predicted molar refractivity (Wildman–Crippen MR) is 102 cm³/mol. The predicted octanol–water partition coefficient (Wildman–Crippen LogP) is 4.60. The lowest BCUT2D eigenvalue weighted by atomic mass is 10.2. The highest BCUT2D eigenvalue weighted by Gasteiger charge is 2.14. The van der Waals surface area contributed by atoms with E-state index >= 15 is 0 Å². The van der Waals surface area contributed by atoms with Gasteiger partial charge in [-0.3, -0.25) is 9.59 Å². The van der Waals surface area contributed by atoms with E-state index in [9.17, 15) is 9.59 Å². The van der Waals surface area contributed by atoms with E-state index in [0.29, 0.717) is 34.1 Å². The van der Waals surface area contributed by atoms with Crippen LogP contribution in [0.4, 0.5) is 5.69 Å². The number of furan rings is 1. The first kappa shape index (κ1) is 17.8. The molecule has 0 spiro atoms. The maximum atomic E-state index is 12.4. The van der Waals surface area contributed by atoms with E-state index < -0.39 is 5.91 Å². The van der Waals surface area contributed by atoms with Crippen molar-refractivity contribution in [3.8, 4) is 11.3 Å². The average molecular weight is 369 g/mol. The number of amides is 2. The first-order chi connectivity index (χ1) is 12.6.